The Morgan fingerprint density at radius 3 is 2.65 bits per heavy atom. The van der Waals surface area contributed by atoms with Crippen molar-refractivity contribution in [3.05, 3.63) is 35.9 Å². The number of imide groups is 1. The molecule has 1 aromatic rings. The molecular weight excluding hydrogens is 296 g/mol. The van der Waals surface area contributed by atoms with Crippen LogP contribution in [0.2, 0.25) is 0 Å². The van der Waals surface area contributed by atoms with Gasteiger partial charge in [-0.05, 0) is 18.9 Å². The van der Waals surface area contributed by atoms with Crippen LogP contribution in [0.5, 0.6) is 0 Å². The zero-order valence-electron chi connectivity index (χ0n) is 13.6. The second kappa shape index (κ2) is 7.57. The number of carbonyl (C=O) groups excluding carboxylic acids is 2. The summed E-state index contributed by atoms with van der Waals surface area (Å²) in [6.45, 7) is 4.06. The summed E-state index contributed by atoms with van der Waals surface area (Å²) in [5, 5.41) is 12.7. The lowest BCUT2D eigenvalue weighted by molar-refractivity contribution is -0.132. The Balaban J connectivity index is 1.82. The second-order valence-electron chi connectivity index (χ2n) is 6.08. The van der Waals surface area contributed by atoms with Gasteiger partial charge in [0.15, 0.2) is 0 Å². The van der Waals surface area contributed by atoms with E-state index in [-0.39, 0.29) is 19.1 Å². The summed E-state index contributed by atoms with van der Waals surface area (Å²) < 4.78 is 5.44. The van der Waals surface area contributed by atoms with Crippen LogP contribution in [-0.4, -0.2) is 46.7 Å². The lowest BCUT2D eigenvalue weighted by Crippen LogP contribution is -2.44. The van der Waals surface area contributed by atoms with Crippen LogP contribution in [0.25, 0.3) is 0 Å². The fraction of sp³-hybridized carbons (Fsp3) is 0.529. The van der Waals surface area contributed by atoms with E-state index in [2.05, 4.69) is 5.32 Å². The third kappa shape index (κ3) is 4.30. The van der Waals surface area contributed by atoms with E-state index in [0.717, 1.165) is 16.9 Å². The van der Waals surface area contributed by atoms with Gasteiger partial charge in [-0.25, -0.2) is 4.79 Å². The van der Waals surface area contributed by atoms with Crippen molar-refractivity contribution in [1.82, 2.24) is 10.2 Å². The molecule has 1 heterocycles. The standard InChI is InChI=1S/C17H24N2O4/c1-3-9-17(2)15(21)19(16(22)18-17)10-14(20)12-23-11-13-7-5-4-6-8-13/h4-8,14,20H,3,9-12H2,1-2H3,(H,18,22)/t14-,17+/m1/s1. The number of aliphatic hydroxyl groups is 1. The van der Waals surface area contributed by atoms with Crippen LogP contribution in [0.3, 0.4) is 0 Å². The fourth-order valence-corrected chi connectivity index (χ4v) is 2.73. The number of urea groups is 1. The van der Waals surface area contributed by atoms with Crippen molar-refractivity contribution in [3.8, 4) is 0 Å². The molecule has 0 aliphatic carbocycles. The molecule has 1 saturated heterocycles. The first-order valence-electron chi connectivity index (χ1n) is 7.90. The molecule has 0 spiro atoms. The molecule has 126 valence electrons. The molecule has 6 nitrogen and oxygen atoms in total. The van der Waals surface area contributed by atoms with Crippen LogP contribution >= 0.6 is 0 Å². The van der Waals surface area contributed by atoms with Crippen molar-refractivity contribution in [2.75, 3.05) is 13.2 Å². The summed E-state index contributed by atoms with van der Waals surface area (Å²) in [5.74, 6) is -0.286. The molecule has 0 saturated carbocycles. The molecule has 2 atom stereocenters. The maximum absolute atomic E-state index is 12.3. The minimum Gasteiger partial charge on any atom is -0.389 e. The quantitative estimate of drug-likeness (QED) is 0.714. The van der Waals surface area contributed by atoms with Crippen molar-refractivity contribution in [2.45, 2.75) is 44.9 Å². The Kier molecular flexibility index (Phi) is 5.74. The summed E-state index contributed by atoms with van der Waals surface area (Å²) in [6, 6.07) is 9.16. The van der Waals surface area contributed by atoms with Crippen LogP contribution in [0.4, 0.5) is 4.79 Å². The smallest absolute Gasteiger partial charge is 0.325 e. The fourth-order valence-electron chi connectivity index (χ4n) is 2.73. The van der Waals surface area contributed by atoms with E-state index in [1.54, 1.807) is 6.92 Å². The maximum atomic E-state index is 12.3. The molecule has 23 heavy (non-hydrogen) atoms. The van der Waals surface area contributed by atoms with Crippen LogP contribution in [0.1, 0.15) is 32.3 Å². The number of hydrogen-bond donors (Lipinski definition) is 2. The van der Waals surface area contributed by atoms with Gasteiger partial charge in [-0.2, -0.15) is 0 Å². The number of hydrogen-bond acceptors (Lipinski definition) is 4. The number of amides is 3. The van der Waals surface area contributed by atoms with Crippen molar-refractivity contribution in [2.24, 2.45) is 0 Å². The van der Waals surface area contributed by atoms with E-state index in [1.165, 1.54) is 0 Å². The van der Waals surface area contributed by atoms with E-state index in [9.17, 15) is 14.7 Å². The Hall–Kier alpha value is -1.92. The van der Waals surface area contributed by atoms with Crippen LogP contribution in [0, 0.1) is 0 Å². The van der Waals surface area contributed by atoms with E-state index < -0.39 is 17.7 Å². The second-order valence-corrected chi connectivity index (χ2v) is 6.08. The molecule has 0 unspecified atom stereocenters. The number of nitrogens with one attached hydrogen (secondary N) is 1. The van der Waals surface area contributed by atoms with Gasteiger partial charge in [0.05, 0.1) is 25.9 Å². The van der Waals surface area contributed by atoms with Gasteiger partial charge < -0.3 is 15.2 Å². The molecular formula is C17H24N2O4. The van der Waals surface area contributed by atoms with Gasteiger partial charge in [0.25, 0.3) is 5.91 Å². The van der Waals surface area contributed by atoms with Gasteiger partial charge in [-0.15, -0.1) is 0 Å². The largest absolute Gasteiger partial charge is 0.389 e. The highest BCUT2D eigenvalue weighted by molar-refractivity contribution is 6.06. The predicted octanol–water partition coefficient (Wildman–Crippen LogP) is 1.67. The summed E-state index contributed by atoms with van der Waals surface area (Å²) in [4.78, 5) is 25.4. The molecule has 3 amide bonds. The molecule has 0 radical (unpaired) electrons. The third-order valence-corrected chi connectivity index (χ3v) is 3.91. The van der Waals surface area contributed by atoms with E-state index in [4.69, 9.17) is 4.74 Å². The van der Waals surface area contributed by atoms with Gasteiger partial charge in [0, 0.05) is 0 Å². The van der Waals surface area contributed by atoms with Crippen molar-refractivity contribution >= 4 is 11.9 Å². The van der Waals surface area contributed by atoms with Crippen molar-refractivity contribution in [1.29, 1.82) is 0 Å². The highest BCUT2D eigenvalue weighted by Gasteiger charge is 2.47. The Labute approximate surface area is 136 Å². The molecule has 6 heteroatoms. The average Bonchev–Trinajstić information content (AvgIpc) is 2.72. The van der Waals surface area contributed by atoms with Gasteiger partial charge >= 0.3 is 6.03 Å². The highest BCUT2D eigenvalue weighted by Crippen LogP contribution is 2.22. The number of β-amino-alcohol motifs (C(OH)–C–C–N with tert-alkyl or cyclic N) is 1. The van der Waals surface area contributed by atoms with Gasteiger partial charge in [-0.1, -0.05) is 43.7 Å². The van der Waals surface area contributed by atoms with Crippen molar-refractivity contribution < 1.29 is 19.4 Å². The molecule has 2 rings (SSSR count). The van der Waals surface area contributed by atoms with Gasteiger partial charge in [0.2, 0.25) is 0 Å². The Morgan fingerprint density at radius 1 is 1.30 bits per heavy atom. The zero-order valence-corrected chi connectivity index (χ0v) is 13.6. The SMILES string of the molecule is CCC[C@]1(C)NC(=O)N(C[C@@H](O)COCc2ccccc2)C1=O. The summed E-state index contributed by atoms with van der Waals surface area (Å²) >= 11 is 0. The number of ether oxygens (including phenoxy) is 1. The first-order valence-corrected chi connectivity index (χ1v) is 7.90. The maximum Gasteiger partial charge on any atom is 0.325 e. The Bertz CT molecular complexity index is 549. The van der Waals surface area contributed by atoms with Crippen molar-refractivity contribution in [3.63, 3.8) is 0 Å². The predicted molar refractivity (Wildman–Crippen MR) is 85.7 cm³/mol. The normalized spacial score (nSPS) is 22.3. The molecule has 0 aromatic heterocycles. The highest BCUT2D eigenvalue weighted by atomic mass is 16.5. The van der Waals surface area contributed by atoms with Crippen LogP contribution in [-0.2, 0) is 16.1 Å². The first-order chi connectivity index (χ1) is 11.0. The molecule has 1 aliphatic heterocycles. The molecule has 1 aliphatic rings. The van der Waals surface area contributed by atoms with Gasteiger partial charge in [0.1, 0.15) is 5.54 Å². The molecule has 0 bridgehead atoms. The monoisotopic (exact) mass is 320 g/mol. The number of nitrogens with zero attached hydrogens (tertiary/aromatic N) is 1. The third-order valence-electron chi connectivity index (χ3n) is 3.91. The number of carbonyl (C=O) groups is 2. The van der Waals surface area contributed by atoms with Crippen LogP contribution in [0.15, 0.2) is 30.3 Å². The Morgan fingerprint density at radius 2 is 2.00 bits per heavy atom. The molecule has 2 N–H and O–H groups in total. The van der Waals surface area contributed by atoms with Gasteiger partial charge in [-0.3, -0.25) is 9.69 Å². The number of benzene rings is 1. The van der Waals surface area contributed by atoms with E-state index in [1.807, 2.05) is 37.3 Å². The topological polar surface area (TPSA) is 78.9 Å². The van der Waals surface area contributed by atoms with E-state index >= 15 is 0 Å². The molecule has 1 fully saturated rings. The molecule has 1 aromatic carbocycles. The minimum absolute atomic E-state index is 0.0568. The van der Waals surface area contributed by atoms with E-state index in [0.29, 0.717) is 13.0 Å². The number of aliphatic hydroxyl groups excluding tert-OH is 1. The minimum atomic E-state index is -0.905. The first kappa shape index (κ1) is 17.4. The van der Waals surface area contributed by atoms with Crippen LogP contribution < -0.4 is 5.32 Å². The summed E-state index contributed by atoms with van der Waals surface area (Å²) in [5.41, 5.74) is 0.140. The summed E-state index contributed by atoms with van der Waals surface area (Å²) in [6.07, 6.45) is 0.464. The zero-order chi connectivity index (χ0) is 16.9. The lowest BCUT2D eigenvalue weighted by atomic mass is 9.96. The lowest BCUT2D eigenvalue weighted by Gasteiger charge is -2.22. The number of rotatable bonds is 8. The average molecular weight is 320 g/mol. The summed E-state index contributed by atoms with van der Waals surface area (Å²) in [7, 11) is 0.